The normalized spacial score (nSPS) is 12.0. The van der Waals surface area contributed by atoms with E-state index in [0.29, 0.717) is 12.4 Å². The number of aryl methyl sites for hydroxylation is 1. The maximum atomic E-state index is 11.7. The van der Waals surface area contributed by atoms with Crippen LogP contribution in [-0.2, 0) is 10.0 Å². The molecule has 0 bridgehead atoms. The average Bonchev–Trinajstić information content (AvgIpc) is 2.39. The van der Waals surface area contributed by atoms with Crippen molar-refractivity contribution in [3.63, 3.8) is 0 Å². The van der Waals surface area contributed by atoms with Crippen molar-refractivity contribution >= 4 is 26.9 Å². The number of aromatic nitrogens is 2. The fourth-order valence-corrected chi connectivity index (χ4v) is 2.46. The number of sulfonamides is 1. The van der Waals surface area contributed by atoms with Gasteiger partial charge in [0.15, 0.2) is 0 Å². The van der Waals surface area contributed by atoms with Crippen molar-refractivity contribution in [2.75, 3.05) is 31.7 Å². The minimum absolute atomic E-state index is 0.0218. The van der Waals surface area contributed by atoms with Crippen LogP contribution in [0.15, 0.2) is 24.3 Å². The van der Waals surface area contributed by atoms with Gasteiger partial charge >= 0.3 is 0 Å². The van der Waals surface area contributed by atoms with Gasteiger partial charge in [-0.3, -0.25) is 0 Å². The molecule has 1 aromatic heterocycles. The Morgan fingerprint density at radius 2 is 1.75 bits per heavy atom. The van der Waals surface area contributed by atoms with E-state index in [4.69, 9.17) is 0 Å². The van der Waals surface area contributed by atoms with Gasteiger partial charge in [0, 0.05) is 20.6 Å². The first-order chi connectivity index (χ1) is 9.40. The van der Waals surface area contributed by atoms with Gasteiger partial charge in [0.2, 0.25) is 10.0 Å². The number of nitrogens with one attached hydrogen (secondary N) is 1. The lowest BCUT2D eigenvalue weighted by atomic mass is 10.3. The summed E-state index contributed by atoms with van der Waals surface area (Å²) in [5.41, 5.74) is 2.37. The summed E-state index contributed by atoms with van der Waals surface area (Å²) in [5.74, 6) is 0.645. The van der Waals surface area contributed by atoms with E-state index in [9.17, 15) is 8.42 Å². The van der Waals surface area contributed by atoms with E-state index in [-0.39, 0.29) is 5.75 Å². The molecule has 0 amide bonds. The summed E-state index contributed by atoms with van der Waals surface area (Å²) >= 11 is 0. The van der Waals surface area contributed by atoms with Crippen molar-refractivity contribution in [1.82, 2.24) is 14.3 Å². The fraction of sp³-hybridized carbons (Fsp3) is 0.385. The van der Waals surface area contributed by atoms with Gasteiger partial charge in [-0.15, -0.1) is 0 Å². The largest absolute Gasteiger partial charge is 0.367 e. The van der Waals surface area contributed by atoms with Crippen molar-refractivity contribution in [2.45, 2.75) is 6.92 Å². The molecule has 0 atom stereocenters. The molecular weight excluding hydrogens is 276 g/mol. The zero-order valence-corrected chi connectivity index (χ0v) is 12.6. The van der Waals surface area contributed by atoms with E-state index in [2.05, 4.69) is 15.3 Å². The molecule has 0 aliphatic heterocycles. The number of rotatable bonds is 5. The predicted molar refractivity (Wildman–Crippen MR) is 80.2 cm³/mol. The third kappa shape index (κ3) is 3.23. The molecule has 0 unspecified atom stereocenters. The van der Waals surface area contributed by atoms with Gasteiger partial charge in [0.1, 0.15) is 5.82 Å². The quantitative estimate of drug-likeness (QED) is 0.898. The second-order valence-corrected chi connectivity index (χ2v) is 6.97. The summed E-state index contributed by atoms with van der Waals surface area (Å²) in [6.07, 6.45) is 0. The van der Waals surface area contributed by atoms with Gasteiger partial charge in [-0.1, -0.05) is 12.1 Å². The molecular formula is C13H18N4O2S. The molecule has 0 radical (unpaired) electrons. The first-order valence-corrected chi connectivity index (χ1v) is 7.88. The van der Waals surface area contributed by atoms with Gasteiger partial charge in [-0.2, -0.15) is 0 Å². The second-order valence-electron chi connectivity index (χ2n) is 4.67. The first-order valence-electron chi connectivity index (χ1n) is 6.27. The molecule has 6 nitrogen and oxygen atoms in total. The number of hydrogen-bond acceptors (Lipinski definition) is 5. The lowest BCUT2D eigenvalue weighted by Gasteiger charge is -2.13. The van der Waals surface area contributed by atoms with E-state index < -0.39 is 10.0 Å². The van der Waals surface area contributed by atoms with Crippen LogP contribution in [0.25, 0.3) is 11.0 Å². The van der Waals surface area contributed by atoms with E-state index in [0.717, 1.165) is 16.7 Å². The van der Waals surface area contributed by atoms with Crippen LogP contribution in [0.4, 0.5) is 5.82 Å². The summed E-state index contributed by atoms with van der Waals surface area (Å²) in [7, 11) is -0.153. The van der Waals surface area contributed by atoms with Crippen LogP contribution in [0.1, 0.15) is 5.69 Å². The summed E-state index contributed by atoms with van der Waals surface area (Å²) < 4.78 is 24.6. The van der Waals surface area contributed by atoms with Crippen LogP contribution in [-0.4, -0.2) is 49.1 Å². The van der Waals surface area contributed by atoms with Crippen LogP contribution < -0.4 is 5.32 Å². The highest BCUT2D eigenvalue weighted by Gasteiger charge is 2.13. The molecule has 0 aliphatic rings. The maximum absolute atomic E-state index is 11.7. The topological polar surface area (TPSA) is 75.2 Å². The first kappa shape index (κ1) is 14.7. The Bertz CT molecular complexity index is 713. The van der Waals surface area contributed by atoms with Crippen LogP contribution in [0.2, 0.25) is 0 Å². The van der Waals surface area contributed by atoms with E-state index in [1.54, 1.807) is 0 Å². The lowest BCUT2D eigenvalue weighted by molar-refractivity contribution is 0.521. The number of hydrogen-bond donors (Lipinski definition) is 1. The number of para-hydroxylation sites is 2. The molecule has 2 rings (SSSR count). The summed E-state index contributed by atoms with van der Waals surface area (Å²) in [5, 5.41) is 3.04. The van der Waals surface area contributed by atoms with E-state index in [1.165, 1.54) is 18.4 Å². The molecule has 1 N–H and O–H groups in total. The molecule has 1 heterocycles. The van der Waals surface area contributed by atoms with Crippen molar-refractivity contribution < 1.29 is 8.42 Å². The van der Waals surface area contributed by atoms with Crippen LogP contribution >= 0.6 is 0 Å². The third-order valence-corrected chi connectivity index (χ3v) is 4.79. The monoisotopic (exact) mass is 294 g/mol. The lowest BCUT2D eigenvalue weighted by Crippen LogP contribution is -2.28. The van der Waals surface area contributed by atoms with Crippen LogP contribution in [0.5, 0.6) is 0 Å². The van der Waals surface area contributed by atoms with Crippen molar-refractivity contribution in [2.24, 2.45) is 0 Å². The second kappa shape index (κ2) is 5.72. The number of fused-ring (bicyclic) bond motifs is 1. The Morgan fingerprint density at radius 1 is 1.15 bits per heavy atom. The maximum Gasteiger partial charge on any atom is 0.215 e. The predicted octanol–water partition coefficient (Wildman–Crippen LogP) is 1.24. The van der Waals surface area contributed by atoms with Gasteiger partial charge in [0.25, 0.3) is 0 Å². The summed E-state index contributed by atoms with van der Waals surface area (Å²) in [6.45, 7) is 2.15. The standard InChI is InChI=1S/C13H18N4O2S/c1-10-13(14-8-9-20(18,19)17(2)3)16-12-7-5-4-6-11(12)15-10/h4-7H,8-9H2,1-3H3,(H,14,16). The molecule has 1 aromatic carbocycles. The molecule has 2 aromatic rings. The Hall–Kier alpha value is -1.73. The minimum Gasteiger partial charge on any atom is -0.367 e. The average molecular weight is 294 g/mol. The Morgan fingerprint density at radius 3 is 2.35 bits per heavy atom. The highest BCUT2D eigenvalue weighted by Crippen LogP contribution is 2.15. The molecule has 20 heavy (non-hydrogen) atoms. The number of anilines is 1. The summed E-state index contributed by atoms with van der Waals surface area (Å²) in [4.78, 5) is 8.90. The molecule has 7 heteroatoms. The van der Waals surface area contributed by atoms with Crippen molar-refractivity contribution in [3.05, 3.63) is 30.0 Å². The van der Waals surface area contributed by atoms with Crippen molar-refractivity contribution in [1.29, 1.82) is 0 Å². The van der Waals surface area contributed by atoms with Gasteiger partial charge in [0.05, 0.1) is 22.5 Å². The van der Waals surface area contributed by atoms with Gasteiger partial charge in [-0.25, -0.2) is 22.7 Å². The zero-order valence-electron chi connectivity index (χ0n) is 11.8. The number of benzene rings is 1. The number of nitrogens with zero attached hydrogens (tertiary/aromatic N) is 3. The molecule has 0 saturated carbocycles. The van der Waals surface area contributed by atoms with Gasteiger partial charge in [-0.05, 0) is 19.1 Å². The Kier molecular flexibility index (Phi) is 4.20. The Labute approximate surface area is 118 Å². The molecule has 0 fully saturated rings. The minimum atomic E-state index is -3.20. The SMILES string of the molecule is Cc1nc2ccccc2nc1NCCS(=O)(=O)N(C)C. The molecule has 0 spiro atoms. The summed E-state index contributed by atoms with van der Waals surface area (Å²) in [6, 6.07) is 7.58. The highest BCUT2D eigenvalue weighted by atomic mass is 32.2. The van der Waals surface area contributed by atoms with E-state index >= 15 is 0 Å². The third-order valence-electron chi connectivity index (χ3n) is 2.95. The zero-order chi connectivity index (χ0) is 14.8. The smallest absolute Gasteiger partial charge is 0.215 e. The van der Waals surface area contributed by atoms with Crippen LogP contribution in [0.3, 0.4) is 0 Å². The molecule has 108 valence electrons. The molecule has 0 saturated heterocycles. The molecule has 0 aliphatic carbocycles. The fourth-order valence-electron chi connectivity index (χ4n) is 1.74. The highest BCUT2D eigenvalue weighted by molar-refractivity contribution is 7.89. The van der Waals surface area contributed by atoms with E-state index in [1.807, 2.05) is 31.2 Å². The Balaban J connectivity index is 2.12. The van der Waals surface area contributed by atoms with Gasteiger partial charge < -0.3 is 5.32 Å². The van der Waals surface area contributed by atoms with Crippen molar-refractivity contribution in [3.8, 4) is 0 Å². The van der Waals surface area contributed by atoms with Crippen LogP contribution in [0, 0.1) is 6.92 Å².